The highest BCUT2D eigenvalue weighted by atomic mass is 35.5. The van der Waals surface area contributed by atoms with Crippen molar-refractivity contribution in [3.05, 3.63) is 99.1 Å². The van der Waals surface area contributed by atoms with Gasteiger partial charge in [0.2, 0.25) is 5.91 Å². The first-order valence-electron chi connectivity index (χ1n) is 11.1. The number of nitrogens with zero attached hydrogens (tertiary/aromatic N) is 1. The highest BCUT2D eigenvalue weighted by Gasteiger charge is 2.26. The lowest BCUT2D eigenvalue weighted by Gasteiger charge is -2.22. The lowest BCUT2D eigenvalue weighted by atomic mass is 10.0. The maximum atomic E-state index is 12.9. The zero-order valence-corrected chi connectivity index (χ0v) is 20.4. The number of rotatable bonds is 9. The Labute approximate surface area is 208 Å². The van der Waals surface area contributed by atoms with E-state index in [2.05, 4.69) is 35.0 Å². The molecule has 9 heteroatoms. The lowest BCUT2D eigenvalue weighted by molar-refractivity contribution is -0.384. The standard InChI is InChI=1S/C26H27ClN4O4/c1-16(2)24(30-25(32)22-14-13-21(31(34)35)15-23(22)27)26(33)29-20-11-9-19(10-12-20)28-17(3)18-7-5-4-6-8-18/h4-17,24,28H,1-3H3,(H,29,33)(H,30,32). The van der Waals surface area contributed by atoms with Gasteiger partial charge in [0.1, 0.15) is 6.04 Å². The van der Waals surface area contributed by atoms with Crippen molar-refractivity contribution < 1.29 is 14.5 Å². The third-order valence-electron chi connectivity index (χ3n) is 5.48. The van der Waals surface area contributed by atoms with Gasteiger partial charge in [-0.25, -0.2) is 0 Å². The van der Waals surface area contributed by atoms with Crippen LogP contribution in [0.5, 0.6) is 0 Å². The van der Waals surface area contributed by atoms with Gasteiger partial charge >= 0.3 is 0 Å². The molecule has 0 spiro atoms. The first-order chi connectivity index (χ1) is 16.7. The summed E-state index contributed by atoms with van der Waals surface area (Å²) in [5.74, 6) is -1.19. The normalized spacial score (nSPS) is 12.5. The Morgan fingerprint density at radius 3 is 2.11 bits per heavy atom. The van der Waals surface area contributed by atoms with Crippen LogP contribution in [0.15, 0.2) is 72.8 Å². The second kappa shape index (κ2) is 11.5. The molecule has 3 rings (SSSR count). The molecular formula is C26H27ClN4O4. The van der Waals surface area contributed by atoms with E-state index in [1.807, 2.05) is 30.3 Å². The summed E-state index contributed by atoms with van der Waals surface area (Å²) in [5.41, 5.74) is 2.48. The van der Waals surface area contributed by atoms with Gasteiger partial charge in [0.15, 0.2) is 0 Å². The van der Waals surface area contributed by atoms with Crippen molar-refractivity contribution in [3.63, 3.8) is 0 Å². The minimum atomic E-state index is -0.843. The molecule has 0 heterocycles. The molecule has 0 aliphatic carbocycles. The van der Waals surface area contributed by atoms with Crippen molar-refractivity contribution in [2.24, 2.45) is 5.92 Å². The average molecular weight is 495 g/mol. The van der Waals surface area contributed by atoms with Crippen LogP contribution in [0, 0.1) is 16.0 Å². The summed E-state index contributed by atoms with van der Waals surface area (Å²) in [5, 5.41) is 19.8. The van der Waals surface area contributed by atoms with Crippen LogP contribution in [0.1, 0.15) is 42.7 Å². The predicted molar refractivity (Wildman–Crippen MR) is 138 cm³/mol. The molecule has 0 aromatic heterocycles. The van der Waals surface area contributed by atoms with E-state index in [4.69, 9.17) is 11.6 Å². The summed E-state index contributed by atoms with van der Waals surface area (Å²) in [6.07, 6.45) is 0. The Morgan fingerprint density at radius 1 is 0.914 bits per heavy atom. The van der Waals surface area contributed by atoms with Gasteiger partial charge in [0.05, 0.1) is 15.5 Å². The van der Waals surface area contributed by atoms with Crippen molar-refractivity contribution in [1.82, 2.24) is 5.32 Å². The molecule has 8 nitrogen and oxygen atoms in total. The Hall–Kier alpha value is -3.91. The number of amides is 2. The van der Waals surface area contributed by atoms with Gasteiger partial charge in [-0.3, -0.25) is 19.7 Å². The molecule has 0 bridgehead atoms. The number of carbonyl (C=O) groups excluding carboxylic acids is 2. The molecule has 0 fully saturated rings. The summed E-state index contributed by atoms with van der Waals surface area (Å²) in [6, 6.07) is 20.2. The molecule has 0 aliphatic heterocycles. The van der Waals surface area contributed by atoms with E-state index in [1.165, 1.54) is 12.1 Å². The molecule has 3 N–H and O–H groups in total. The third kappa shape index (κ3) is 6.80. The van der Waals surface area contributed by atoms with Crippen LogP contribution in [0.25, 0.3) is 0 Å². The van der Waals surface area contributed by atoms with E-state index < -0.39 is 16.9 Å². The van der Waals surface area contributed by atoms with Gasteiger partial charge in [0.25, 0.3) is 11.6 Å². The van der Waals surface area contributed by atoms with Crippen molar-refractivity contribution >= 4 is 40.5 Å². The van der Waals surface area contributed by atoms with Crippen LogP contribution < -0.4 is 16.0 Å². The monoisotopic (exact) mass is 494 g/mol. The predicted octanol–water partition coefficient (Wildman–Crippen LogP) is 5.81. The number of benzene rings is 3. The highest BCUT2D eigenvalue weighted by Crippen LogP contribution is 2.23. The van der Waals surface area contributed by atoms with E-state index in [0.717, 1.165) is 17.3 Å². The number of hydrogen-bond acceptors (Lipinski definition) is 5. The Bertz CT molecular complexity index is 1200. The SMILES string of the molecule is CC(Nc1ccc(NC(=O)C(NC(=O)c2ccc([N+](=O)[O-])cc2Cl)C(C)C)cc1)c1ccccc1. The summed E-state index contributed by atoms with van der Waals surface area (Å²) >= 11 is 6.06. The molecule has 182 valence electrons. The molecule has 3 aromatic carbocycles. The minimum Gasteiger partial charge on any atom is -0.379 e. The van der Waals surface area contributed by atoms with Gasteiger partial charge < -0.3 is 16.0 Å². The molecular weight excluding hydrogens is 468 g/mol. The third-order valence-corrected chi connectivity index (χ3v) is 5.79. The van der Waals surface area contributed by atoms with Gasteiger partial charge in [-0.15, -0.1) is 0 Å². The summed E-state index contributed by atoms with van der Waals surface area (Å²) in [6.45, 7) is 5.68. The van der Waals surface area contributed by atoms with Crippen molar-refractivity contribution in [3.8, 4) is 0 Å². The van der Waals surface area contributed by atoms with E-state index in [1.54, 1.807) is 26.0 Å². The molecule has 0 saturated carbocycles. The molecule has 0 aliphatic rings. The number of halogens is 1. The first kappa shape index (κ1) is 25.7. The van der Waals surface area contributed by atoms with Crippen LogP contribution in [-0.2, 0) is 4.79 Å². The fraction of sp³-hybridized carbons (Fsp3) is 0.231. The summed E-state index contributed by atoms with van der Waals surface area (Å²) < 4.78 is 0. The van der Waals surface area contributed by atoms with E-state index >= 15 is 0 Å². The van der Waals surface area contributed by atoms with Crippen LogP contribution in [-0.4, -0.2) is 22.8 Å². The van der Waals surface area contributed by atoms with Crippen LogP contribution in [0.2, 0.25) is 5.02 Å². The van der Waals surface area contributed by atoms with Crippen LogP contribution in [0.4, 0.5) is 17.1 Å². The molecule has 35 heavy (non-hydrogen) atoms. The van der Waals surface area contributed by atoms with Crippen molar-refractivity contribution in [2.75, 3.05) is 10.6 Å². The van der Waals surface area contributed by atoms with Gasteiger partial charge in [-0.1, -0.05) is 55.8 Å². The van der Waals surface area contributed by atoms with Crippen molar-refractivity contribution in [2.45, 2.75) is 32.9 Å². The van der Waals surface area contributed by atoms with E-state index in [9.17, 15) is 19.7 Å². The number of anilines is 2. The number of carbonyl (C=O) groups is 2. The van der Waals surface area contributed by atoms with Crippen LogP contribution >= 0.6 is 11.6 Å². The fourth-order valence-electron chi connectivity index (χ4n) is 3.50. The lowest BCUT2D eigenvalue weighted by Crippen LogP contribution is -2.47. The summed E-state index contributed by atoms with van der Waals surface area (Å²) in [4.78, 5) is 36.0. The van der Waals surface area contributed by atoms with Gasteiger partial charge in [0, 0.05) is 29.5 Å². The van der Waals surface area contributed by atoms with Crippen LogP contribution in [0.3, 0.4) is 0 Å². The quantitative estimate of drug-likeness (QED) is 0.256. The minimum absolute atomic E-state index is 0.0543. The second-order valence-corrected chi connectivity index (χ2v) is 8.87. The molecule has 2 unspecified atom stereocenters. The zero-order chi connectivity index (χ0) is 25.5. The van der Waals surface area contributed by atoms with Gasteiger partial charge in [-0.2, -0.15) is 0 Å². The molecule has 0 radical (unpaired) electrons. The van der Waals surface area contributed by atoms with Crippen molar-refractivity contribution in [1.29, 1.82) is 0 Å². The number of non-ortho nitro benzene ring substituents is 1. The molecule has 2 amide bonds. The Kier molecular flexibility index (Phi) is 8.43. The van der Waals surface area contributed by atoms with E-state index in [-0.39, 0.29) is 34.1 Å². The zero-order valence-electron chi connectivity index (χ0n) is 19.6. The molecule has 3 aromatic rings. The highest BCUT2D eigenvalue weighted by molar-refractivity contribution is 6.34. The first-order valence-corrected chi connectivity index (χ1v) is 11.5. The molecule has 0 saturated heterocycles. The van der Waals surface area contributed by atoms with Gasteiger partial charge in [-0.05, 0) is 48.7 Å². The number of nitrogens with one attached hydrogen (secondary N) is 3. The Balaban J connectivity index is 1.64. The summed E-state index contributed by atoms with van der Waals surface area (Å²) in [7, 11) is 0. The topological polar surface area (TPSA) is 113 Å². The Morgan fingerprint density at radius 2 is 1.54 bits per heavy atom. The number of hydrogen-bond donors (Lipinski definition) is 3. The second-order valence-electron chi connectivity index (χ2n) is 8.46. The smallest absolute Gasteiger partial charge is 0.270 e. The fourth-order valence-corrected chi connectivity index (χ4v) is 3.76. The molecule has 2 atom stereocenters. The number of nitro benzene ring substituents is 1. The maximum Gasteiger partial charge on any atom is 0.270 e. The average Bonchev–Trinajstić information content (AvgIpc) is 2.83. The van der Waals surface area contributed by atoms with E-state index in [0.29, 0.717) is 5.69 Å². The maximum absolute atomic E-state index is 12.9. The number of nitro groups is 1. The largest absolute Gasteiger partial charge is 0.379 e.